The second-order valence-corrected chi connectivity index (χ2v) is 7.53. The second kappa shape index (κ2) is 7.55. The summed E-state index contributed by atoms with van der Waals surface area (Å²) in [5, 5.41) is 12.5. The molecule has 0 spiro atoms. The highest BCUT2D eigenvalue weighted by Gasteiger charge is 2.24. The molecule has 8 heteroatoms. The number of carbonyl (C=O) groups is 1. The van der Waals surface area contributed by atoms with Crippen LogP contribution in [0.15, 0.2) is 24.4 Å². The predicted molar refractivity (Wildman–Crippen MR) is 108 cm³/mol. The Balaban J connectivity index is 1.67. The SMILES string of the molecule is Cc1c[nH]c2c(Nc3nc(C[C@@H]4CCCC[C@@H]4N)nnc3C(N)=O)cccc12. The molecule has 28 heavy (non-hydrogen) atoms. The molecular weight excluding hydrogens is 354 g/mol. The average Bonchev–Trinajstić information content (AvgIpc) is 3.06. The van der Waals surface area contributed by atoms with Gasteiger partial charge in [0, 0.05) is 24.0 Å². The number of benzene rings is 1. The summed E-state index contributed by atoms with van der Waals surface area (Å²) >= 11 is 0. The summed E-state index contributed by atoms with van der Waals surface area (Å²) in [6.45, 7) is 2.04. The van der Waals surface area contributed by atoms with Crippen LogP contribution in [-0.2, 0) is 6.42 Å². The lowest BCUT2D eigenvalue weighted by Gasteiger charge is -2.27. The molecule has 3 aromatic rings. The van der Waals surface area contributed by atoms with Crippen molar-refractivity contribution in [2.24, 2.45) is 17.4 Å². The van der Waals surface area contributed by atoms with E-state index in [4.69, 9.17) is 11.5 Å². The number of hydrogen-bond donors (Lipinski definition) is 4. The molecular formula is C20H25N7O. The van der Waals surface area contributed by atoms with Crippen molar-refractivity contribution in [2.75, 3.05) is 5.32 Å². The van der Waals surface area contributed by atoms with Gasteiger partial charge in [0.2, 0.25) is 0 Å². The van der Waals surface area contributed by atoms with Gasteiger partial charge in [0.25, 0.3) is 5.91 Å². The number of aromatic nitrogens is 4. The number of H-pyrrole nitrogens is 1. The maximum atomic E-state index is 11.8. The van der Waals surface area contributed by atoms with E-state index in [1.807, 2.05) is 31.3 Å². The molecule has 1 saturated carbocycles. The van der Waals surface area contributed by atoms with E-state index in [9.17, 15) is 4.79 Å². The summed E-state index contributed by atoms with van der Waals surface area (Å²) in [5.41, 5.74) is 14.7. The van der Waals surface area contributed by atoms with Gasteiger partial charge in [0.15, 0.2) is 17.3 Å². The summed E-state index contributed by atoms with van der Waals surface area (Å²) in [6.07, 6.45) is 7.02. The lowest BCUT2D eigenvalue weighted by Crippen LogP contribution is -2.34. The Kier molecular flexibility index (Phi) is 4.95. The van der Waals surface area contributed by atoms with Crippen molar-refractivity contribution in [2.45, 2.75) is 45.1 Å². The number of hydrogen-bond acceptors (Lipinski definition) is 6. The zero-order chi connectivity index (χ0) is 19.7. The molecule has 2 atom stereocenters. The van der Waals surface area contributed by atoms with Crippen LogP contribution in [-0.4, -0.2) is 32.1 Å². The largest absolute Gasteiger partial charge is 0.364 e. The number of nitrogens with two attached hydrogens (primary N) is 2. The molecule has 2 heterocycles. The minimum atomic E-state index is -0.668. The van der Waals surface area contributed by atoms with Gasteiger partial charge in [-0.25, -0.2) is 4.98 Å². The molecule has 1 aliphatic carbocycles. The normalized spacial score (nSPS) is 19.6. The van der Waals surface area contributed by atoms with E-state index in [1.165, 1.54) is 12.8 Å². The molecule has 6 N–H and O–H groups in total. The Bertz CT molecular complexity index is 1010. The van der Waals surface area contributed by atoms with E-state index in [0.717, 1.165) is 35.0 Å². The maximum absolute atomic E-state index is 11.8. The maximum Gasteiger partial charge on any atom is 0.273 e. The van der Waals surface area contributed by atoms with Crippen LogP contribution in [0.25, 0.3) is 10.9 Å². The fourth-order valence-electron chi connectivity index (χ4n) is 3.95. The molecule has 0 bridgehead atoms. The van der Waals surface area contributed by atoms with Crippen molar-refractivity contribution in [1.82, 2.24) is 20.2 Å². The number of para-hydroxylation sites is 1. The number of fused-ring (bicyclic) bond motifs is 1. The topological polar surface area (TPSA) is 136 Å². The highest BCUT2D eigenvalue weighted by molar-refractivity contribution is 5.99. The Morgan fingerprint density at radius 2 is 2.11 bits per heavy atom. The van der Waals surface area contributed by atoms with Gasteiger partial charge in [-0.05, 0) is 37.3 Å². The van der Waals surface area contributed by atoms with Crippen molar-refractivity contribution in [3.63, 3.8) is 0 Å². The zero-order valence-electron chi connectivity index (χ0n) is 15.9. The average molecular weight is 379 g/mol. The monoisotopic (exact) mass is 379 g/mol. The van der Waals surface area contributed by atoms with Gasteiger partial charge in [-0.3, -0.25) is 4.79 Å². The highest BCUT2D eigenvalue weighted by Crippen LogP contribution is 2.29. The number of nitrogens with one attached hydrogen (secondary N) is 2. The molecule has 0 saturated heterocycles. The Labute approximate surface area is 163 Å². The minimum absolute atomic E-state index is 0.0250. The van der Waals surface area contributed by atoms with Crippen molar-refractivity contribution < 1.29 is 4.79 Å². The number of aryl methyl sites for hydroxylation is 1. The first-order valence-electron chi connectivity index (χ1n) is 9.65. The third-order valence-corrected chi connectivity index (χ3v) is 5.55. The van der Waals surface area contributed by atoms with E-state index in [-0.39, 0.29) is 11.7 Å². The van der Waals surface area contributed by atoms with Gasteiger partial charge >= 0.3 is 0 Å². The zero-order valence-corrected chi connectivity index (χ0v) is 15.9. The smallest absolute Gasteiger partial charge is 0.273 e. The summed E-state index contributed by atoms with van der Waals surface area (Å²) < 4.78 is 0. The molecule has 0 unspecified atom stereocenters. The standard InChI is InChI=1S/C20H25N7O/c1-11-10-23-17-13(11)6-4-8-15(17)24-20-18(19(22)28)27-26-16(25-20)9-12-5-2-3-7-14(12)21/h4,6,8,10,12,14,23H,2-3,5,7,9,21H2,1H3,(H2,22,28)(H,24,25,26)/t12-,14-/m0/s1. The Hall–Kier alpha value is -3.00. The van der Waals surface area contributed by atoms with E-state index in [1.54, 1.807) is 0 Å². The van der Waals surface area contributed by atoms with Crippen molar-refractivity contribution in [3.05, 3.63) is 41.5 Å². The van der Waals surface area contributed by atoms with Crippen molar-refractivity contribution >= 4 is 28.3 Å². The lowest BCUT2D eigenvalue weighted by atomic mass is 9.83. The fourth-order valence-corrected chi connectivity index (χ4v) is 3.95. The summed E-state index contributed by atoms with van der Waals surface area (Å²) in [4.78, 5) is 19.7. The van der Waals surface area contributed by atoms with Crippen molar-refractivity contribution in [3.8, 4) is 0 Å². The third-order valence-electron chi connectivity index (χ3n) is 5.55. The van der Waals surface area contributed by atoms with Gasteiger partial charge in [-0.1, -0.05) is 25.0 Å². The predicted octanol–water partition coefficient (Wildman–Crippen LogP) is 2.56. The lowest BCUT2D eigenvalue weighted by molar-refractivity contribution is 0.0995. The van der Waals surface area contributed by atoms with Crippen LogP contribution < -0.4 is 16.8 Å². The van der Waals surface area contributed by atoms with Crippen LogP contribution in [0.5, 0.6) is 0 Å². The number of aromatic amines is 1. The van der Waals surface area contributed by atoms with Crippen LogP contribution in [0, 0.1) is 12.8 Å². The van der Waals surface area contributed by atoms with E-state index >= 15 is 0 Å². The molecule has 1 fully saturated rings. The molecule has 1 aliphatic rings. The van der Waals surface area contributed by atoms with Gasteiger partial charge in [-0.2, -0.15) is 0 Å². The highest BCUT2D eigenvalue weighted by atomic mass is 16.1. The quantitative estimate of drug-likeness (QED) is 0.538. The van der Waals surface area contributed by atoms with E-state index < -0.39 is 5.91 Å². The first-order valence-corrected chi connectivity index (χ1v) is 9.65. The van der Waals surface area contributed by atoms with Crippen LogP contribution in [0.2, 0.25) is 0 Å². The summed E-state index contributed by atoms with van der Waals surface area (Å²) in [6, 6.07) is 6.06. The third kappa shape index (κ3) is 3.55. The Morgan fingerprint density at radius 1 is 1.29 bits per heavy atom. The number of anilines is 2. The van der Waals surface area contributed by atoms with Crippen LogP contribution in [0.3, 0.4) is 0 Å². The van der Waals surface area contributed by atoms with E-state index in [0.29, 0.717) is 24.0 Å². The van der Waals surface area contributed by atoms with Gasteiger partial charge < -0.3 is 21.8 Å². The molecule has 146 valence electrons. The van der Waals surface area contributed by atoms with Gasteiger partial charge in [-0.15, -0.1) is 10.2 Å². The molecule has 4 rings (SSSR count). The second-order valence-electron chi connectivity index (χ2n) is 7.53. The first-order chi connectivity index (χ1) is 13.5. The molecule has 8 nitrogen and oxygen atoms in total. The van der Waals surface area contributed by atoms with Crippen LogP contribution in [0.1, 0.15) is 47.6 Å². The number of rotatable bonds is 5. The molecule has 0 radical (unpaired) electrons. The number of nitrogens with zero attached hydrogens (tertiary/aromatic N) is 3. The van der Waals surface area contributed by atoms with Crippen molar-refractivity contribution in [1.29, 1.82) is 0 Å². The minimum Gasteiger partial charge on any atom is -0.364 e. The summed E-state index contributed by atoms with van der Waals surface area (Å²) in [5.74, 6) is 0.557. The van der Waals surface area contributed by atoms with E-state index in [2.05, 4.69) is 25.5 Å². The first kappa shape index (κ1) is 18.4. The molecule has 2 aromatic heterocycles. The molecule has 0 aliphatic heterocycles. The molecule has 1 aromatic carbocycles. The number of carbonyl (C=O) groups excluding carboxylic acids is 1. The fraction of sp³-hybridized carbons (Fsp3) is 0.400. The van der Waals surface area contributed by atoms with Crippen LogP contribution >= 0.6 is 0 Å². The number of amides is 1. The Morgan fingerprint density at radius 3 is 2.89 bits per heavy atom. The van der Waals surface area contributed by atoms with Gasteiger partial charge in [0.1, 0.15) is 0 Å². The van der Waals surface area contributed by atoms with Gasteiger partial charge in [0.05, 0.1) is 11.2 Å². The molecule has 1 amide bonds. The summed E-state index contributed by atoms with van der Waals surface area (Å²) in [7, 11) is 0. The van der Waals surface area contributed by atoms with Crippen LogP contribution in [0.4, 0.5) is 11.5 Å². The number of primary amides is 1.